The van der Waals surface area contributed by atoms with Gasteiger partial charge in [-0.3, -0.25) is 4.79 Å². The molecule has 154 valence electrons. The minimum absolute atomic E-state index is 0.0616. The average molecular weight is 402 g/mol. The molecule has 3 aromatic rings. The number of fused-ring (bicyclic) bond motifs is 1. The van der Waals surface area contributed by atoms with Gasteiger partial charge in [0.15, 0.2) is 0 Å². The Bertz CT molecular complexity index is 1100. The fourth-order valence-corrected chi connectivity index (χ4v) is 4.20. The Hall–Kier alpha value is -3.30. The number of nitrogens with one attached hydrogen (secondary N) is 1. The van der Waals surface area contributed by atoms with Gasteiger partial charge in [-0.15, -0.1) is 0 Å². The average Bonchev–Trinajstić information content (AvgIpc) is 2.92. The Labute approximate surface area is 176 Å². The predicted molar refractivity (Wildman–Crippen MR) is 118 cm³/mol. The molecule has 1 amide bonds. The van der Waals surface area contributed by atoms with Crippen molar-refractivity contribution in [3.8, 4) is 23.1 Å². The van der Waals surface area contributed by atoms with E-state index in [1.54, 1.807) is 7.11 Å². The van der Waals surface area contributed by atoms with E-state index in [1.807, 2.05) is 47.4 Å². The van der Waals surface area contributed by atoms with Crippen LogP contribution in [0.4, 0.5) is 0 Å². The Kier molecular flexibility index (Phi) is 5.73. The number of ether oxygens (including phenoxy) is 1. The summed E-state index contributed by atoms with van der Waals surface area (Å²) < 4.78 is 7.51. The third-order valence-corrected chi connectivity index (χ3v) is 5.73. The van der Waals surface area contributed by atoms with Gasteiger partial charge in [0, 0.05) is 43.2 Å². The fraction of sp³-hybridized carbons (Fsp3) is 0.333. The van der Waals surface area contributed by atoms with Crippen molar-refractivity contribution in [3.05, 3.63) is 53.6 Å². The van der Waals surface area contributed by atoms with Crippen molar-refractivity contribution in [3.63, 3.8) is 0 Å². The minimum atomic E-state index is 0.0616. The lowest BCUT2D eigenvalue weighted by molar-refractivity contribution is 0.0766. The van der Waals surface area contributed by atoms with Gasteiger partial charge in [0.05, 0.1) is 23.9 Å². The molecule has 2 aromatic carbocycles. The molecule has 6 heteroatoms. The number of rotatable bonds is 4. The molecular formula is C24H26N4O2. The van der Waals surface area contributed by atoms with E-state index in [4.69, 9.17) is 4.74 Å². The third-order valence-electron chi connectivity index (χ3n) is 5.73. The molecule has 0 bridgehead atoms. The number of aryl methyl sites for hydroxylation is 1. The molecule has 2 heterocycles. The molecule has 1 aromatic heterocycles. The number of carbonyl (C=O) groups is 1. The van der Waals surface area contributed by atoms with E-state index in [-0.39, 0.29) is 5.91 Å². The molecule has 6 nitrogen and oxygen atoms in total. The van der Waals surface area contributed by atoms with Gasteiger partial charge in [-0.1, -0.05) is 12.1 Å². The summed E-state index contributed by atoms with van der Waals surface area (Å²) in [5.74, 6) is 0.824. The van der Waals surface area contributed by atoms with Crippen LogP contribution in [0.2, 0.25) is 0 Å². The van der Waals surface area contributed by atoms with Crippen LogP contribution in [-0.4, -0.2) is 48.7 Å². The molecule has 0 spiro atoms. The lowest BCUT2D eigenvalue weighted by Gasteiger charge is -2.20. The predicted octanol–water partition coefficient (Wildman–Crippen LogP) is 3.64. The molecule has 1 aliphatic rings. The van der Waals surface area contributed by atoms with E-state index in [2.05, 4.69) is 22.9 Å². The largest absolute Gasteiger partial charge is 0.497 e. The molecule has 0 aliphatic carbocycles. The molecule has 1 saturated heterocycles. The molecular weight excluding hydrogens is 376 g/mol. The summed E-state index contributed by atoms with van der Waals surface area (Å²) in [4.78, 5) is 14.8. The molecule has 0 saturated carbocycles. The third kappa shape index (κ3) is 3.53. The van der Waals surface area contributed by atoms with Gasteiger partial charge in [0.1, 0.15) is 11.8 Å². The molecule has 0 atom stereocenters. The molecule has 1 aliphatic heterocycles. The highest BCUT2D eigenvalue weighted by molar-refractivity contribution is 5.97. The van der Waals surface area contributed by atoms with Gasteiger partial charge in [0.2, 0.25) is 0 Å². The first-order chi connectivity index (χ1) is 14.7. The molecule has 1 N–H and O–H groups in total. The van der Waals surface area contributed by atoms with Crippen molar-refractivity contribution in [1.29, 1.82) is 5.26 Å². The standard InChI is InChI=1S/C24H26N4O2/c1-3-28-22-15-19(30-2)9-10-20(22)21(16-25)23(28)17-5-7-18(8-6-17)24(29)27-13-4-11-26-12-14-27/h5-10,15,26H,3-4,11-14H2,1-2H3. The summed E-state index contributed by atoms with van der Waals surface area (Å²) in [6, 6.07) is 15.8. The lowest BCUT2D eigenvalue weighted by Crippen LogP contribution is -2.34. The van der Waals surface area contributed by atoms with E-state index in [9.17, 15) is 10.1 Å². The number of benzene rings is 2. The fourth-order valence-electron chi connectivity index (χ4n) is 4.20. The number of carbonyl (C=O) groups excluding carboxylic acids is 1. The molecule has 4 rings (SSSR count). The highest BCUT2D eigenvalue weighted by Gasteiger charge is 2.20. The van der Waals surface area contributed by atoms with Gasteiger partial charge >= 0.3 is 0 Å². The van der Waals surface area contributed by atoms with Crippen molar-refractivity contribution in [2.75, 3.05) is 33.3 Å². The molecule has 1 fully saturated rings. The van der Waals surface area contributed by atoms with Gasteiger partial charge in [0.25, 0.3) is 5.91 Å². The monoisotopic (exact) mass is 402 g/mol. The highest BCUT2D eigenvalue weighted by atomic mass is 16.5. The van der Waals surface area contributed by atoms with Crippen molar-refractivity contribution in [1.82, 2.24) is 14.8 Å². The normalized spacial score (nSPS) is 14.4. The van der Waals surface area contributed by atoms with Crippen molar-refractivity contribution < 1.29 is 9.53 Å². The smallest absolute Gasteiger partial charge is 0.253 e. The zero-order valence-electron chi connectivity index (χ0n) is 17.4. The lowest BCUT2D eigenvalue weighted by atomic mass is 10.0. The van der Waals surface area contributed by atoms with Crippen LogP contribution in [0.25, 0.3) is 22.2 Å². The second-order valence-corrected chi connectivity index (χ2v) is 7.44. The number of hydrogen-bond acceptors (Lipinski definition) is 4. The Morgan fingerprint density at radius 3 is 2.67 bits per heavy atom. The highest BCUT2D eigenvalue weighted by Crippen LogP contribution is 2.35. The van der Waals surface area contributed by atoms with Gasteiger partial charge in [-0.05, 0) is 49.7 Å². The zero-order valence-corrected chi connectivity index (χ0v) is 17.4. The first-order valence-electron chi connectivity index (χ1n) is 10.4. The summed E-state index contributed by atoms with van der Waals surface area (Å²) in [5.41, 5.74) is 4.10. The Balaban J connectivity index is 1.73. The van der Waals surface area contributed by atoms with E-state index < -0.39 is 0 Å². The Morgan fingerprint density at radius 1 is 1.17 bits per heavy atom. The second kappa shape index (κ2) is 8.60. The van der Waals surface area contributed by atoms with Crippen molar-refractivity contribution in [2.24, 2.45) is 0 Å². The van der Waals surface area contributed by atoms with Crippen LogP contribution in [0.3, 0.4) is 0 Å². The maximum Gasteiger partial charge on any atom is 0.253 e. The van der Waals surface area contributed by atoms with E-state index in [0.717, 1.165) is 67.1 Å². The zero-order chi connectivity index (χ0) is 21.1. The van der Waals surface area contributed by atoms with Crippen LogP contribution in [0, 0.1) is 11.3 Å². The number of aromatic nitrogens is 1. The summed E-state index contributed by atoms with van der Waals surface area (Å²) in [6.07, 6.45) is 0.968. The summed E-state index contributed by atoms with van der Waals surface area (Å²) in [5, 5.41) is 14.1. The van der Waals surface area contributed by atoms with Gasteiger partial charge < -0.3 is 19.5 Å². The molecule has 30 heavy (non-hydrogen) atoms. The maximum absolute atomic E-state index is 12.9. The summed E-state index contributed by atoms with van der Waals surface area (Å²) in [7, 11) is 1.64. The minimum Gasteiger partial charge on any atom is -0.497 e. The number of methoxy groups -OCH3 is 1. The van der Waals surface area contributed by atoms with Crippen LogP contribution in [0.1, 0.15) is 29.3 Å². The van der Waals surface area contributed by atoms with Crippen LogP contribution in [0.15, 0.2) is 42.5 Å². The number of hydrogen-bond donors (Lipinski definition) is 1. The van der Waals surface area contributed by atoms with Crippen molar-refractivity contribution >= 4 is 16.8 Å². The van der Waals surface area contributed by atoms with Crippen LogP contribution < -0.4 is 10.1 Å². The van der Waals surface area contributed by atoms with Gasteiger partial charge in [-0.25, -0.2) is 0 Å². The summed E-state index contributed by atoms with van der Waals surface area (Å²) in [6.45, 7) is 6.07. The van der Waals surface area contributed by atoms with Crippen LogP contribution >= 0.6 is 0 Å². The first kappa shape index (κ1) is 20.0. The van der Waals surface area contributed by atoms with Crippen LogP contribution in [0.5, 0.6) is 5.75 Å². The number of amides is 1. The second-order valence-electron chi connectivity index (χ2n) is 7.44. The molecule has 0 unspecified atom stereocenters. The SMILES string of the molecule is CCn1c(-c2ccc(C(=O)N3CCCNCC3)cc2)c(C#N)c2ccc(OC)cc21. The summed E-state index contributed by atoms with van der Waals surface area (Å²) >= 11 is 0. The number of nitrogens with zero attached hydrogens (tertiary/aromatic N) is 3. The topological polar surface area (TPSA) is 70.3 Å². The van der Waals surface area contributed by atoms with Gasteiger partial charge in [-0.2, -0.15) is 5.26 Å². The van der Waals surface area contributed by atoms with E-state index in [1.165, 1.54) is 0 Å². The maximum atomic E-state index is 12.9. The van der Waals surface area contributed by atoms with Crippen LogP contribution in [-0.2, 0) is 6.54 Å². The quantitative estimate of drug-likeness (QED) is 0.723. The number of nitriles is 1. The Morgan fingerprint density at radius 2 is 1.97 bits per heavy atom. The first-order valence-corrected chi connectivity index (χ1v) is 10.4. The van der Waals surface area contributed by atoms with E-state index in [0.29, 0.717) is 11.1 Å². The van der Waals surface area contributed by atoms with Crippen molar-refractivity contribution in [2.45, 2.75) is 19.9 Å². The van der Waals surface area contributed by atoms with E-state index >= 15 is 0 Å². The molecule has 0 radical (unpaired) electrons.